The van der Waals surface area contributed by atoms with Crippen LogP contribution in [-0.4, -0.2) is 47.7 Å². The van der Waals surface area contributed by atoms with Crippen LogP contribution in [0.2, 0.25) is 0 Å². The minimum atomic E-state index is -0.856. The molecule has 0 bridgehead atoms. The number of fused-ring (bicyclic) bond motifs is 1. The van der Waals surface area contributed by atoms with Gasteiger partial charge in [0.1, 0.15) is 0 Å². The van der Waals surface area contributed by atoms with Gasteiger partial charge < -0.3 is 24.6 Å². The Hall–Kier alpha value is -4.08. The van der Waals surface area contributed by atoms with Crippen molar-refractivity contribution < 1.29 is 28.9 Å². The first kappa shape index (κ1) is 33.3. The van der Waals surface area contributed by atoms with E-state index in [0.29, 0.717) is 13.1 Å². The molecule has 2 N–H and O–H groups in total. The standard InChI is InChI=1S/C38H44N2O6/c1-24-35(22-40(5)25(2)33-19-18-30-8-6-7-9-34(30)20-33)45-38(46-36(24)31-14-12-29(23-41)13-15-31)32-16-10-28(11-17-32)21-39-37(43)26(3)44-27(4)42/h6-20,24-26,35-36,38,41H,21-23H2,1-5H3,(H,39,43)/t24-,25+,26-,35+,36+,38+/m0/s1. The lowest BCUT2D eigenvalue weighted by atomic mass is 9.89. The number of hydrogen-bond acceptors (Lipinski definition) is 7. The van der Waals surface area contributed by atoms with Gasteiger partial charge >= 0.3 is 5.97 Å². The van der Waals surface area contributed by atoms with E-state index in [-0.39, 0.29) is 36.7 Å². The lowest BCUT2D eigenvalue weighted by Crippen LogP contribution is -2.44. The highest BCUT2D eigenvalue weighted by Gasteiger charge is 2.39. The Morgan fingerprint density at radius 3 is 2.22 bits per heavy atom. The minimum absolute atomic E-state index is 0.0113. The molecule has 5 rings (SSSR count). The number of carbonyl (C=O) groups excluding carboxylic acids is 2. The van der Waals surface area contributed by atoms with Gasteiger partial charge in [0.15, 0.2) is 12.4 Å². The van der Waals surface area contributed by atoms with Gasteiger partial charge in [-0.2, -0.15) is 0 Å². The molecule has 1 heterocycles. The van der Waals surface area contributed by atoms with Gasteiger partial charge in [-0.15, -0.1) is 0 Å². The van der Waals surface area contributed by atoms with Gasteiger partial charge in [0.05, 0.1) is 18.8 Å². The van der Waals surface area contributed by atoms with E-state index in [0.717, 1.165) is 22.3 Å². The molecule has 1 amide bonds. The van der Waals surface area contributed by atoms with Gasteiger partial charge in [0.25, 0.3) is 5.91 Å². The average Bonchev–Trinajstić information content (AvgIpc) is 3.07. The fourth-order valence-electron chi connectivity index (χ4n) is 5.92. The third kappa shape index (κ3) is 8.00. The van der Waals surface area contributed by atoms with E-state index >= 15 is 0 Å². The highest BCUT2D eigenvalue weighted by atomic mass is 16.7. The van der Waals surface area contributed by atoms with Crippen molar-refractivity contribution >= 4 is 22.6 Å². The maximum atomic E-state index is 12.3. The largest absolute Gasteiger partial charge is 0.453 e. The van der Waals surface area contributed by atoms with Crippen LogP contribution in [0.5, 0.6) is 0 Å². The average molecular weight is 625 g/mol. The molecule has 1 saturated heterocycles. The number of nitrogens with zero attached hydrogens (tertiary/aromatic N) is 1. The Balaban J connectivity index is 1.32. The van der Waals surface area contributed by atoms with E-state index in [1.165, 1.54) is 23.3 Å². The van der Waals surface area contributed by atoms with Crippen LogP contribution in [0.3, 0.4) is 0 Å². The second kappa shape index (κ2) is 15.0. The Bertz CT molecular complexity index is 1620. The summed E-state index contributed by atoms with van der Waals surface area (Å²) < 4.78 is 18.3. The second-order valence-corrected chi connectivity index (χ2v) is 12.3. The Morgan fingerprint density at radius 2 is 1.54 bits per heavy atom. The Kier molecular flexibility index (Phi) is 10.9. The van der Waals surface area contributed by atoms with Gasteiger partial charge in [-0.25, -0.2) is 0 Å². The molecule has 1 aliphatic rings. The molecule has 0 saturated carbocycles. The number of aliphatic hydroxyl groups excluding tert-OH is 1. The molecule has 242 valence electrons. The molecular formula is C38H44N2O6. The molecule has 46 heavy (non-hydrogen) atoms. The summed E-state index contributed by atoms with van der Waals surface area (Å²) in [5, 5.41) is 14.8. The molecule has 0 aromatic heterocycles. The first-order valence-corrected chi connectivity index (χ1v) is 15.9. The number of carbonyl (C=O) groups is 2. The van der Waals surface area contributed by atoms with Crippen LogP contribution in [-0.2, 0) is 37.0 Å². The highest BCUT2D eigenvalue weighted by Crippen LogP contribution is 2.42. The van der Waals surface area contributed by atoms with Crippen molar-refractivity contribution in [2.45, 2.75) is 71.5 Å². The first-order valence-electron chi connectivity index (χ1n) is 15.9. The molecule has 6 atom stereocenters. The molecule has 8 nitrogen and oxygen atoms in total. The summed E-state index contributed by atoms with van der Waals surface area (Å²) in [5.74, 6) is -0.799. The van der Waals surface area contributed by atoms with Crippen LogP contribution in [0.1, 0.15) is 73.9 Å². The lowest BCUT2D eigenvalue weighted by Gasteiger charge is -2.43. The maximum Gasteiger partial charge on any atom is 0.303 e. The van der Waals surface area contributed by atoms with Gasteiger partial charge in [0, 0.05) is 37.5 Å². The van der Waals surface area contributed by atoms with E-state index in [1.807, 2.05) is 48.5 Å². The first-order chi connectivity index (χ1) is 22.1. The number of rotatable bonds is 11. The van der Waals surface area contributed by atoms with Crippen molar-refractivity contribution in [3.63, 3.8) is 0 Å². The van der Waals surface area contributed by atoms with Crippen molar-refractivity contribution in [1.29, 1.82) is 0 Å². The second-order valence-electron chi connectivity index (χ2n) is 12.3. The third-order valence-corrected chi connectivity index (χ3v) is 8.94. The van der Waals surface area contributed by atoms with E-state index in [9.17, 15) is 14.7 Å². The monoisotopic (exact) mass is 624 g/mol. The summed E-state index contributed by atoms with van der Waals surface area (Å²) in [6, 6.07) is 30.9. The Morgan fingerprint density at radius 1 is 0.891 bits per heavy atom. The van der Waals surface area contributed by atoms with Crippen molar-refractivity contribution in [2.24, 2.45) is 5.92 Å². The minimum Gasteiger partial charge on any atom is -0.453 e. The third-order valence-electron chi connectivity index (χ3n) is 8.94. The van der Waals surface area contributed by atoms with Crippen LogP contribution in [0, 0.1) is 5.92 Å². The maximum absolute atomic E-state index is 12.3. The van der Waals surface area contributed by atoms with Gasteiger partial charge in [-0.05, 0) is 60.0 Å². The molecule has 0 spiro atoms. The number of amides is 1. The molecule has 0 radical (unpaired) electrons. The van der Waals surface area contributed by atoms with Crippen molar-refractivity contribution in [3.05, 3.63) is 119 Å². The van der Waals surface area contributed by atoms with Crippen LogP contribution >= 0.6 is 0 Å². The molecule has 8 heteroatoms. The summed E-state index contributed by atoms with van der Waals surface area (Å²) in [6.45, 7) is 8.20. The zero-order valence-electron chi connectivity index (χ0n) is 27.2. The zero-order chi connectivity index (χ0) is 32.8. The molecule has 4 aromatic carbocycles. The highest BCUT2D eigenvalue weighted by molar-refractivity contribution is 5.83. The number of benzene rings is 4. The topological polar surface area (TPSA) is 97.3 Å². The SMILES string of the molecule is CC(=O)O[C@@H](C)C(=O)NCc1ccc([C@@H]2O[C@H](CN(C)[C@H](C)c3ccc4ccccc4c3)[C@H](C)[C@H](c3ccc(CO)cc3)O2)cc1. The zero-order valence-corrected chi connectivity index (χ0v) is 27.2. The number of nitrogens with one attached hydrogen (secondary N) is 1. The fraction of sp³-hybridized carbons (Fsp3) is 0.368. The van der Waals surface area contributed by atoms with Gasteiger partial charge in [0.2, 0.25) is 0 Å². The fourth-order valence-corrected chi connectivity index (χ4v) is 5.92. The quantitative estimate of drug-likeness (QED) is 0.187. The summed E-state index contributed by atoms with van der Waals surface area (Å²) in [7, 11) is 2.14. The van der Waals surface area contributed by atoms with Gasteiger partial charge in [-0.3, -0.25) is 14.5 Å². The number of ether oxygens (including phenoxy) is 3. The van der Waals surface area contributed by atoms with Crippen LogP contribution in [0.4, 0.5) is 0 Å². The predicted molar refractivity (Wildman–Crippen MR) is 177 cm³/mol. The van der Waals surface area contributed by atoms with Crippen LogP contribution in [0.25, 0.3) is 10.8 Å². The summed E-state index contributed by atoms with van der Waals surface area (Å²) >= 11 is 0. The number of likely N-dealkylation sites (N-methyl/N-ethyl adjacent to an activating group) is 1. The smallest absolute Gasteiger partial charge is 0.303 e. The van der Waals surface area contributed by atoms with Crippen LogP contribution in [0.15, 0.2) is 91.0 Å². The molecule has 4 aromatic rings. The summed E-state index contributed by atoms with van der Waals surface area (Å²) in [5.41, 5.74) is 4.91. The molecule has 0 aliphatic carbocycles. The van der Waals surface area contributed by atoms with Gasteiger partial charge in [-0.1, -0.05) is 91.9 Å². The van der Waals surface area contributed by atoms with Crippen molar-refractivity contribution in [2.75, 3.05) is 13.6 Å². The number of esters is 1. The molecular weight excluding hydrogens is 580 g/mol. The summed E-state index contributed by atoms with van der Waals surface area (Å²) in [4.78, 5) is 25.8. The summed E-state index contributed by atoms with van der Waals surface area (Å²) in [6.07, 6.45) is -1.80. The van der Waals surface area contributed by atoms with Crippen molar-refractivity contribution in [1.82, 2.24) is 10.2 Å². The predicted octanol–water partition coefficient (Wildman–Crippen LogP) is 6.38. The van der Waals surface area contributed by atoms with E-state index in [1.54, 1.807) is 6.92 Å². The lowest BCUT2D eigenvalue weighted by molar-refractivity contribution is -0.276. The normalized spacial score (nSPS) is 21.1. The Labute approximate surface area is 271 Å². The number of aliphatic hydroxyl groups is 1. The van der Waals surface area contributed by atoms with E-state index in [2.05, 4.69) is 73.6 Å². The van der Waals surface area contributed by atoms with Crippen LogP contribution < -0.4 is 5.32 Å². The van der Waals surface area contributed by atoms with Crippen molar-refractivity contribution in [3.8, 4) is 0 Å². The molecule has 0 unspecified atom stereocenters. The number of hydrogen-bond donors (Lipinski definition) is 2. The van der Waals surface area contributed by atoms with E-state index < -0.39 is 18.4 Å². The van der Waals surface area contributed by atoms with E-state index in [4.69, 9.17) is 14.2 Å². The molecule has 1 aliphatic heterocycles. The molecule has 1 fully saturated rings.